The van der Waals surface area contributed by atoms with E-state index in [4.69, 9.17) is 5.84 Å². The summed E-state index contributed by atoms with van der Waals surface area (Å²) in [7, 11) is 0. The smallest absolute Gasteiger partial charge is 0.274 e. The number of carbonyl (C=O) groups excluding carboxylic acids is 1. The van der Waals surface area contributed by atoms with Crippen molar-refractivity contribution in [1.82, 2.24) is 10.3 Å². The van der Waals surface area contributed by atoms with Gasteiger partial charge in [0.1, 0.15) is 5.82 Å². The van der Waals surface area contributed by atoms with Crippen molar-refractivity contribution in [2.75, 3.05) is 5.43 Å². The number of nitrogens with one attached hydrogen (secondary N) is 2. The van der Waals surface area contributed by atoms with Crippen molar-refractivity contribution in [2.24, 2.45) is 5.84 Å². The van der Waals surface area contributed by atoms with E-state index >= 15 is 0 Å². The first kappa shape index (κ1) is 14.4. The molecule has 21 heavy (non-hydrogen) atoms. The third-order valence-electron chi connectivity index (χ3n) is 2.80. The Morgan fingerprint density at radius 2 is 2.05 bits per heavy atom. The van der Waals surface area contributed by atoms with Gasteiger partial charge in [0.2, 0.25) is 0 Å². The molecule has 0 unspecified atom stereocenters. The topological polar surface area (TPSA) is 123 Å². The van der Waals surface area contributed by atoms with Gasteiger partial charge in [0.05, 0.1) is 10.5 Å². The Labute approximate surface area is 120 Å². The van der Waals surface area contributed by atoms with Crippen LogP contribution in [0.3, 0.4) is 0 Å². The van der Waals surface area contributed by atoms with Crippen LogP contribution >= 0.6 is 0 Å². The highest BCUT2D eigenvalue weighted by atomic mass is 16.6. The molecule has 1 aromatic heterocycles. The molecule has 8 nitrogen and oxygen atoms in total. The number of nitrogen functional groups attached to an aromatic ring is 1. The standard InChI is InChI=1S/C13H13N5O3/c14-17-12-6-5-10(8-15-12)13(19)16-7-9-3-1-2-4-11(9)18(20)21/h1-6,8H,7,14H2,(H,15,17)(H,16,19). The maximum absolute atomic E-state index is 11.9. The molecule has 4 N–H and O–H groups in total. The molecule has 8 heteroatoms. The minimum Gasteiger partial charge on any atom is -0.348 e. The zero-order valence-corrected chi connectivity index (χ0v) is 10.9. The molecule has 1 aromatic carbocycles. The van der Waals surface area contributed by atoms with E-state index in [-0.39, 0.29) is 18.1 Å². The third kappa shape index (κ3) is 3.51. The molecule has 0 saturated carbocycles. The minimum absolute atomic E-state index is 0.0291. The number of nitro groups is 1. The Balaban J connectivity index is 2.05. The van der Waals surface area contributed by atoms with Gasteiger partial charge in [0, 0.05) is 24.4 Å². The SMILES string of the molecule is NNc1ccc(C(=O)NCc2ccccc2[N+](=O)[O-])cn1. The van der Waals surface area contributed by atoms with Gasteiger partial charge in [-0.2, -0.15) is 0 Å². The number of hydrogen-bond acceptors (Lipinski definition) is 6. The number of carbonyl (C=O) groups is 1. The number of para-hydroxylation sites is 1. The Hall–Kier alpha value is -3.00. The lowest BCUT2D eigenvalue weighted by molar-refractivity contribution is -0.385. The van der Waals surface area contributed by atoms with Crippen molar-refractivity contribution in [3.8, 4) is 0 Å². The molecule has 2 rings (SSSR count). The van der Waals surface area contributed by atoms with E-state index < -0.39 is 4.92 Å². The van der Waals surface area contributed by atoms with E-state index in [1.165, 1.54) is 12.3 Å². The van der Waals surface area contributed by atoms with E-state index in [2.05, 4.69) is 15.7 Å². The summed E-state index contributed by atoms with van der Waals surface area (Å²) in [5, 5.41) is 13.5. The average Bonchev–Trinajstić information content (AvgIpc) is 2.52. The maximum atomic E-state index is 11.9. The van der Waals surface area contributed by atoms with E-state index in [9.17, 15) is 14.9 Å². The first-order valence-corrected chi connectivity index (χ1v) is 6.05. The molecular formula is C13H13N5O3. The number of hydrazine groups is 1. The van der Waals surface area contributed by atoms with Gasteiger partial charge in [0.25, 0.3) is 11.6 Å². The Morgan fingerprint density at radius 3 is 2.67 bits per heavy atom. The van der Waals surface area contributed by atoms with Crippen LogP contribution in [0.1, 0.15) is 15.9 Å². The lowest BCUT2D eigenvalue weighted by Gasteiger charge is -2.06. The summed E-state index contributed by atoms with van der Waals surface area (Å²) in [4.78, 5) is 26.2. The quantitative estimate of drug-likeness (QED) is 0.431. The van der Waals surface area contributed by atoms with Gasteiger partial charge in [0.15, 0.2) is 0 Å². The summed E-state index contributed by atoms with van der Waals surface area (Å²) in [5.74, 6) is 5.24. The summed E-state index contributed by atoms with van der Waals surface area (Å²) < 4.78 is 0. The van der Waals surface area contributed by atoms with Gasteiger partial charge in [-0.05, 0) is 12.1 Å². The predicted octanol–water partition coefficient (Wildman–Crippen LogP) is 1.21. The Morgan fingerprint density at radius 1 is 1.29 bits per heavy atom. The van der Waals surface area contributed by atoms with Gasteiger partial charge in [-0.15, -0.1) is 0 Å². The summed E-state index contributed by atoms with van der Waals surface area (Å²) in [6.45, 7) is 0.0624. The van der Waals surface area contributed by atoms with Gasteiger partial charge >= 0.3 is 0 Å². The van der Waals surface area contributed by atoms with Crippen molar-refractivity contribution in [3.05, 3.63) is 63.8 Å². The highest BCUT2D eigenvalue weighted by Gasteiger charge is 2.13. The van der Waals surface area contributed by atoms with Crippen LogP contribution in [0.5, 0.6) is 0 Å². The zero-order valence-electron chi connectivity index (χ0n) is 10.9. The van der Waals surface area contributed by atoms with Crippen LogP contribution in [0, 0.1) is 10.1 Å². The zero-order chi connectivity index (χ0) is 15.2. The van der Waals surface area contributed by atoms with Crippen LogP contribution in [0.25, 0.3) is 0 Å². The molecule has 0 atom stereocenters. The average molecular weight is 287 g/mol. The van der Waals surface area contributed by atoms with E-state index in [0.717, 1.165) is 0 Å². The number of nitro benzene ring substituents is 1. The molecule has 108 valence electrons. The monoisotopic (exact) mass is 287 g/mol. The third-order valence-corrected chi connectivity index (χ3v) is 2.80. The summed E-state index contributed by atoms with van der Waals surface area (Å²) in [5.41, 5.74) is 3.10. The Bertz CT molecular complexity index is 657. The number of amides is 1. The number of benzene rings is 1. The largest absolute Gasteiger partial charge is 0.348 e. The van der Waals surface area contributed by atoms with Gasteiger partial charge in [-0.3, -0.25) is 14.9 Å². The molecule has 0 fully saturated rings. The van der Waals surface area contributed by atoms with E-state index in [0.29, 0.717) is 16.9 Å². The number of hydrogen-bond donors (Lipinski definition) is 3. The second-order valence-electron chi connectivity index (χ2n) is 4.14. The molecule has 0 aliphatic carbocycles. The van der Waals surface area contributed by atoms with E-state index in [1.807, 2.05) is 0 Å². The highest BCUT2D eigenvalue weighted by Crippen LogP contribution is 2.17. The second kappa shape index (κ2) is 6.44. The fourth-order valence-electron chi connectivity index (χ4n) is 1.73. The van der Waals surface area contributed by atoms with Crippen LogP contribution in [0.4, 0.5) is 11.5 Å². The first-order valence-electron chi connectivity index (χ1n) is 6.05. The number of aromatic nitrogens is 1. The van der Waals surface area contributed by atoms with Crippen molar-refractivity contribution in [2.45, 2.75) is 6.54 Å². The number of pyridine rings is 1. The summed E-state index contributed by atoms with van der Waals surface area (Å²) >= 11 is 0. The first-order chi connectivity index (χ1) is 10.1. The second-order valence-corrected chi connectivity index (χ2v) is 4.14. The maximum Gasteiger partial charge on any atom is 0.274 e. The lowest BCUT2D eigenvalue weighted by atomic mass is 10.1. The number of nitrogens with zero attached hydrogens (tertiary/aromatic N) is 2. The molecule has 2 aromatic rings. The Kier molecular flexibility index (Phi) is 4.42. The minimum atomic E-state index is -0.481. The fraction of sp³-hybridized carbons (Fsp3) is 0.0769. The van der Waals surface area contributed by atoms with Gasteiger partial charge < -0.3 is 10.7 Å². The van der Waals surface area contributed by atoms with Gasteiger partial charge in [-0.1, -0.05) is 18.2 Å². The van der Waals surface area contributed by atoms with Crippen LogP contribution in [0.15, 0.2) is 42.6 Å². The number of rotatable bonds is 5. The number of anilines is 1. The van der Waals surface area contributed by atoms with Crippen molar-refractivity contribution in [3.63, 3.8) is 0 Å². The molecule has 0 saturated heterocycles. The molecule has 0 aliphatic rings. The summed E-state index contributed by atoms with van der Waals surface area (Å²) in [6.07, 6.45) is 1.37. The number of nitrogens with two attached hydrogens (primary N) is 1. The molecule has 1 amide bonds. The molecule has 0 spiro atoms. The highest BCUT2D eigenvalue weighted by molar-refractivity contribution is 5.94. The van der Waals surface area contributed by atoms with Gasteiger partial charge in [-0.25, -0.2) is 10.8 Å². The fourth-order valence-corrected chi connectivity index (χ4v) is 1.73. The van der Waals surface area contributed by atoms with Crippen LogP contribution in [-0.4, -0.2) is 15.8 Å². The lowest BCUT2D eigenvalue weighted by Crippen LogP contribution is -2.23. The predicted molar refractivity (Wildman–Crippen MR) is 76.3 cm³/mol. The summed E-state index contributed by atoms with van der Waals surface area (Å²) in [6, 6.07) is 9.35. The molecule has 0 aliphatic heterocycles. The normalized spacial score (nSPS) is 9.95. The van der Waals surface area contributed by atoms with Crippen LogP contribution < -0.4 is 16.6 Å². The van der Waals surface area contributed by atoms with Crippen molar-refractivity contribution < 1.29 is 9.72 Å². The molecule has 1 heterocycles. The molecule has 0 radical (unpaired) electrons. The van der Waals surface area contributed by atoms with Crippen LogP contribution in [0.2, 0.25) is 0 Å². The van der Waals surface area contributed by atoms with Crippen molar-refractivity contribution >= 4 is 17.4 Å². The van der Waals surface area contributed by atoms with Crippen LogP contribution in [-0.2, 0) is 6.54 Å². The molecular weight excluding hydrogens is 274 g/mol. The molecule has 0 bridgehead atoms. The van der Waals surface area contributed by atoms with E-state index in [1.54, 1.807) is 30.3 Å². The van der Waals surface area contributed by atoms with Crippen molar-refractivity contribution in [1.29, 1.82) is 0 Å².